The first-order valence-electron chi connectivity index (χ1n) is 6.30. The first kappa shape index (κ1) is 16.9. The number of hydrogen-bond acceptors (Lipinski definition) is 3. The number of nitrogens with zero attached hydrogens (tertiary/aromatic N) is 1. The zero-order valence-corrected chi connectivity index (χ0v) is 14.0. The van der Waals surface area contributed by atoms with E-state index in [0.717, 1.165) is 23.0 Å². The predicted molar refractivity (Wildman–Crippen MR) is 84.5 cm³/mol. The number of hydrogen-bond donors (Lipinski definition) is 2. The molecule has 3 nitrogen and oxygen atoms in total. The van der Waals surface area contributed by atoms with Crippen molar-refractivity contribution in [3.05, 3.63) is 33.3 Å². The normalized spacial score (nSPS) is 13.9. The van der Waals surface area contributed by atoms with Gasteiger partial charge in [-0.15, -0.1) is 0 Å². The average Bonchev–Trinajstić information content (AvgIpc) is 2.35. The van der Waals surface area contributed by atoms with Gasteiger partial charge in [0.15, 0.2) is 0 Å². The molecule has 0 spiro atoms. The highest BCUT2D eigenvalue weighted by molar-refractivity contribution is 9.10. The molecule has 19 heavy (non-hydrogen) atoms. The molecule has 3 N–H and O–H groups in total. The quantitative estimate of drug-likeness (QED) is 0.829. The van der Waals surface area contributed by atoms with Crippen LogP contribution >= 0.6 is 27.5 Å². The largest absolute Gasteiger partial charge is 0.394 e. The summed E-state index contributed by atoms with van der Waals surface area (Å²) in [5, 5.41) is 10.0. The maximum atomic E-state index is 9.32. The van der Waals surface area contributed by atoms with Gasteiger partial charge in [0, 0.05) is 27.6 Å². The van der Waals surface area contributed by atoms with Gasteiger partial charge in [-0.05, 0) is 45.0 Å². The fourth-order valence-corrected chi connectivity index (χ4v) is 2.53. The summed E-state index contributed by atoms with van der Waals surface area (Å²) >= 11 is 9.58. The summed E-state index contributed by atoms with van der Waals surface area (Å²) in [7, 11) is 1.99. The molecule has 0 fully saturated rings. The smallest absolute Gasteiger partial charge is 0.0609 e. The molecule has 108 valence electrons. The van der Waals surface area contributed by atoms with E-state index in [1.165, 1.54) is 0 Å². The second-order valence-corrected chi connectivity index (χ2v) is 6.78. The van der Waals surface area contributed by atoms with Crippen molar-refractivity contribution in [1.82, 2.24) is 4.90 Å². The molecule has 1 atom stereocenters. The highest BCUT2D eigenvalue weighted by Crippen LogP contribution is 2.27. The Kier molecular flexibility index (Phi) is 6.27. The van der Waals surface area contributed by atoms with Crippen LogP contribution in [0.25, 0.3) is 0 Å². The maximum absolute atomic E-state index is 9.32. The monoisotopic (exact) mass is 348 g/mol. The topological polar surface area (TPSA) is 49.5 Å². The number of halogens is 2. The molecule has 0 heterocycles. The zero-order valence-electron chi connectivity index (χ0n) is 11.7. The number of aliphatic hydroxyl groups is 1. The van der Waals surface area contributed by atoms with Gasteiger partial charge >= 0.3 is 0 Å². The maximum Gasteiger partial charge on any atom is 0.0609 e. The average molecular weight is 350 g/mol. The SMILES string of the molecule is CN(CCC(N)c1ccc(Br)cc1Cl)C(C)(C)CO. The van der Waals surface area contributed by atoms with Gasteiger partial charge in [0.1, 0.15) is 0 Å². The molecule has 5 heteroatoms. The van der Waals surface area contributed by atoms with Crippen LogP contribution in [0, 0.1) is 0 Å². The van der Waals surface area contributed by atoms with Crippen molar-refractivity contribution in [3.63, 3.8) is 0 Å². The minimum Gasteiger partial charge on any atom is -0.394 e. The van der Waals surface area contributed by atoms with Gasteiger partial charge < -0.3 is 10.8 Å². The lowest BCUT2D eigenvalue weighted by Gasteiger charge is -2.34. The molecule has 0 aliphatic rings. The Hall–Kier alpha value is -0.130. The van der Waals surface area contributed by atoms with E-state index in [1.807, 2.05) is 39.1 Å². The first-order chi connectivity index (χ1) is 8.77. The summed E-state index contributed by atoms with van der Waals surface area (Å²) < 4.78 is 0.951. The molecule has 1 aromatic rings. The molecule has 1 rings (SSSR count). The third kappa shape index (κ3) is 4.72. The van der Waals surface area contributed by atoms with Crippen LogP contribution in [0.5, 0.6) is 0 Å². The van der Waals surface area contributed by atoms with Crippen LogP contribution < -0.4 is 5.73 Å². The Morgan fingerprint density at radius 3 is 2.63 bits per heavy atom. The Morgan fingerprint density at radius 2 is 2.11 bits per heavy atom. The van der Waals surface area contributed by atoms with Gasteiger partial charge in [-0.1, -0.05) is 33.6 Å². The summed E-state index contributed by atoms with van der Waals surface area (Å²) in [6, 6.07) is 5.66. The fourth-order valence-electron chi connectivity index (χ4n) is 1.71. The van der Waals surface area contributed by atoms with Gasteiger partial charge in [-0.2, -0.15) is 0 Å². The Bertz CT molecular complexity index is 426. The Balaban J connectivity index is 2.63. The third-order valence-corrected chi connectivity index (χ3v) is 4.38. The third-order valence-electron chi connectivity index (χ3n) is 3.56. The van der Waals surface area contributed by atoms with Gasteiger partial charge in [-0.25, -0.2) is 0 Å². The molecule has 0 radical (unpaired) electrons. The van der Waals surface area contributed by atoms with Crippen LogP contribution in [-0.2, 0) is 0 Å². The lowest BCUT2D eigenvalue weighted by molar-refractivity contribution is 0.0767. The second kappa shape index (κ2) is 7.04. The summed E-state index contributed by atoms with van der Waals surface area (Å²) in [6.07, 6.45) is 0.793. The molecule has 0 saturated carbocycles. The molecular formula is C14H22BrClN2O. The van der Waals surface area contributed by atoms with E-state index >= 15 is 0 Å². The number of rotatable bonds is 6. The van der Waals surface area contributed by atoms with Gasteiger partial charge in [0.05, 0.1) is 6.61 Å². The molecule has 0 saturated heterocycles. The van der Waals surface area contributed by atoms with Crippen molar-refractivity contribution in [3.8, 4) is 0 Å². The molecule has 0 aromatic heterocycles. The molecule has 1 unspecified atom stereocenters. The number of aliphatic hydroxyl groups excluding tert-OH is 1. The Morgan fingerprint density at radius 1 is 1.47 bits per heavy atom. The van der Waals surface area contributed by atoms with Crippen LogP contribution in [0.1, 0.15) is 31.9 Å². The van der Waals surface area contributed by atoms with Gasteiger partial charge in [0.2, 0.25) is 0 Å². The molecule has 0 aliphatic heterocycles. The van der Waals surface area contributed by atoms with Crippen LogP contribution in [0.4, 0.5) is 0 Å². The van der Waals surface area contributed by atoms with Gasteiger partial charge in [0.25, 0.3) is 0 Å². The van der Waals surface area contributed by atoms with E-state index in [4.69, 9.17) is 17.3 Å². The predicted octanol–water partition coefficient (Wildman–Crippen LogP) is 3.20. The molecule has 0 aliphatic carbocycles. The van der Waals surface area contributed by atoms with E-state index < -0.39 is 0 Å². The van der Waals surface area contributed by atoms with Crippen LogP contribution in [-0.4, -0.2) is 35.7 Å². The highest BCUT2D eigenvalue weighted by Gasteiger charge is 2.23. The van der Waals surface area contributed by atoms with Crippen molar-refractivity contribution >= 4 is 27.5 Å². The van der Waals surface area contributed by atoms with Crippen LogP contribution in [0.2, 0.25) is 5.02 Å². The van der Waals surface area contributed by atoms with Gasteiger partial charge in [-0.3, -0.25) is 4.90 Å². The molecule has 0 amide bonds. The molecular weight excluding hydrogens is 328 g/mol. The van der Waals surface area contributed by atoms with Crippen molar-refractivity contribution in [2.45, 2.75) is 31.8 Å². The zero-order chi connectivity index (χ0) is 14.6. The fraction of sp³-hybridized carbons (Fsp3) is 0.571. The van der Waals surface area contributed by atoms with Crippen LogP contribution in [0.15, 0.2) is 22.7 Å². The van der Waals surface area contributed by atoms with Crippen molar-refractivity contribution in [1.29, 1.82) is 0 Å². The highest BCUT2D eigenvalue weighted by atomic mass is 79.9. The summed E-state index contributed by atoms with van der Waals surface area (Å²) in [6.45, 7) is 4.94. The minimum atomic E-state index is -0.233. The van der Waals surface area contributed by atoms with Crippen LogP contribution in [0.3, 0.4) is 0 Å². The first-order valence-corrected chi connectivity index (χ1v) is 7.47. The van der Waals surface area contributed by atoms with Crippen molar-refractivity contribution in [2.24, 2.45) is 5.73 Å². The van der Waals surface area contributed by atoms with E-state index in [2.05, 4.69) is 20.8 Å². The lowest BCUT2D eigenvalue weighted by atomic mass is 10.0. The summed E-state index contributed by atoms with van der Waals surface area (Å²) in [4.78, 5) is 2.11. The van der Waals surface area contributed by atoms with E-state index in [0.29, 0.717) is 5.02 Å². The lowest BCUT2D eigenvalue weighted by Crippen LogP contribution is -2.45. The summed E-state index contributed by atoms with van der Waals surface area (Å²) in [5.74, 6) is 0. The second-order valence-electron chi connectivity index (χ2n) is 5.45. The van der Waals surface area contributed by atoms with E-state index in [1.54, 1.807) is 0 Å². The standard InChI is InChI=1S/C14H22BrClN2O/c1-14(2,9-19)18(3)7-6-13(17)11-5-4-10(15)8-12(11)16/h4-5,8,13,19H,6-7,9,17H2,1-3H3. The minimum absolute atomic E-state index is 0.0995. The Labute approximate surface area is 128 Å². The van der Waals surface area contributed by atoms with Crippen molar-refractivity contribution in [2.75, 3.05) is 20.2 Å². The summed E-state index contributed by atoms with van der Waals surface area (Å²) in [5.41, 5.74) is 6.92. The van der Waals surface area contributed by atoms with E-state index in [9.17, 15) is 5.11 Å². The van der Waals surface area contributed by atoms with Crippen molar-refractivity contribution < 1.29 is 5.11 Å². The number of likely N-dealkylation sites (N-methyl/N-ethyl adjacent to an activating group) is 1. The number of nitrogens with two attached hydrogens (primary N) is 1. The molecule has 0 bridgehead atoms. The number of benzene rings is 1. The van der Waals surface area contributed by atoms with E-state index in [-0.39, 0.29) is 18.2 Å². The molecule has 1 aromatic carbocycles.